The summed E-state index contributed by atoms with van der Waals surface area (Å²) < 4.78 is 1.79. The number of anilines is 1. The lowest BCUT2D eigenvalue weighted by atomic mass is 9.81. The van der Waals surface area contributed by atoms with Gasteiger partial charge in [0.25, 0.3) is 0 Å². The normalized spacial score (nSPS) is 24.2. The summed E-state index contributed by atoms with van der Waals surface area (Å²) in [6.45, 7) is 8.34. The van der Waals surface area contributed by atoms with Gasteiger partial charge in [-0.1, -0.05) is 30.5 Å². The lowest BCUT2D eigenvalue weighted by Crippen LogP contribution is -2.46. The van der Waals surface area contributed by atoms with Crippen molar-refractivity contribution < 1.29 is 14.7 Å². The number of carbonyl (C=O) groups is 2. The van der Waals surface area contributed by atoms with Crippen LogP contribution < -0.4 is 4.90 Å². The van der Waals surface area contributed by atoms with Gasteiger partial charge in [-0.3, -0.25) is 4.79 Å². The number of thioether (sulfide) groups is 1. The van der Waals surface area contributed by atoms with Gasteiger partial charge in [-0.25, -0.2) is 14.5 Å². The third-order valence-electron chi connectivity index (χ3n) is 7.28. The zero-order valence-electron chi connectivity index (χ0n) is 22.5. The third kappa shape index (κ3) is 6.97. The Morgan fingerprint density at radius 1 is 1.14 bits per heavy atom. The van der Waals surface area contributed by atoms with Gasteiger partial charge in [-0.2, -0.15) is 5.10 Å². The van der Waals surface area contributed by atoms with Crippen LogP contribution in [0.5, 0.6) is 0 Å². The molecule has 1 amide bonds. The van der Waals surface area contributed by atoms with Gasteiger partial charge >= 0.3 is 5.97 Å². The second-order valence-electron chi connectivity index (χ2n) is 11.5. The molecule has 0 saturated heterocycles. The maximum atomic E-state index is 14.1. The SMILES string of the molecule is CC1CCC(C(=O)N(c2cc(C#CC(C)(C)C)sc2C(=O)O)C2CCC(Sc3ncnn3C)CC2)CC1. The van der Waals surface area contributed by atoms with E-state index in [0.717, 1.165) is 56.5 Å². The molecule has 0 unspecified atom stereocenters. The highest BCUT2D eigenvalue weighted by molar-refractivity contribution is 7.99. The molecule has 0 aromatic carbocycles. The fraction of sp³-hybridized carbons (Fsp3) is 0.643. The zero-order chi connectivity index (χ0) is 26.7. The molecule has 9 heteroatoms. The summed E-state index contributed by atoms with van der Waals surface area (Å²) in [6.07, 6.45) is 8.96. The molecule has 0 radical (unpaired) electrons. The number of amides is 1. The lowest BCUT2D eigenvalue weighted by molar-refractivity contribution is -0.124. The maximum absolute atomic E-state index is 14.1. The largest absolute Gasteiger partial charge is 0.477 e. The van der Waals surface area contributed by atoms with E-state index in [-0.39, 0.29) is 28.2 Å². The van der Waals surface area contributed by atoms with Gasteiger partial charge < -0.3 is 10.0 Å². The first-order chi connectivity index (χ1) is 17.5. The summed E-state index contributed by atoms with van der Waals surface area (Å²) in [4.78, 5) is 33.5. The van der Waals surface area contributed by atoms with E-state index < -0.39 is 5.97 Å². The van der Waals surface area contributed by atoms with Gasteiger partial charge in [-0.15, -0.1) is 11.3 Å². The minimum absolute atomic E-state index is 0.0145. The molecule has 0 bridgehead atoms. The van der Waals surface area contributed by atoms with Crippen molar-refractivity contribution >= 4 is 40.7 Å². The van der Waals surface area contributed by atoms with E-state index in [2.05, 4.69) is 28.8 Å². The molecule has 1 N–H and O–H groups in total. The summed E-state index contributed by atoms with van der Waals surface area (Å²) in [7, 11) is 1.90. The molecule has 0 atom stereocenters. The van der Waals surface area contributed by atoms with E-state index in [9.17, 15) is 14.7 Å². The fourth-order valence-electron chi connectivity index (χ4n) is 5.19. The van der Waals surface area contributed by atoms with E-state index in [4.69, 9.17) is 0 Å². The number of carboxylic acids is 1. The molecule has 37 heavy (non-hydrogen) atoms. The first kappa shape index (κ1) is 27.7. The predicted molar refractivity (Wildman–Crippen MR) is 149 cm³/mol. The van der Waals surface area contributed by atoms with E-state index in [0.29, 0.717) is 21.7 Å². The van der Waals surface area contributed by atoms with Gasteiger partial charge in [0.15, 0.2) is 5.16 Å². The molecule has 2 aliphatic carbocycles. The van der Waals surface area contributed by atoms with Crippen LogP contribution in [0.2, 0.25) is 0 Å². The van der Waals surface area contributed by atoms with Gasteiger partial charge in [0, 0.05) is 29.7 Å². The van der Waals surface area contributed by atoms with Crippen molar-refractivity contribution in [2.75, 3.05) is 4.90 Å². The average Bonchev–Trinajstić information content (AvgIpc) is 3.45. The number of hydrogen-bond acceptors (Lipinski definition) is 6. The van der Waals surface area contributed by atoms with E-state index >= 15 is 0 Å². The highest BCUT2D eigenvalue weighted by Crippen LogP contribution is 2.41. The zero-order valence-corrected chi connectivity index (χ0v) is 24.1. The fourth-order valence-corrected chi connectivity index (χ4v) is 7.14. The van der Waals surface area contributed by atoms with Crippen molar-refractivity contribution in [3.05, 3.63) is 22.1 Å². The average molecular weight is 543 g/mol. The van der Waals surface area contributed by atoms with Crippen molar-refractivity contribution in [2.24, 2.45) is 24.3 Å². The summed E-state index contributed by atoms with van der Waals surface area (Å²) >= 11 is 2.92. The van der Waals surface area contributed by atoms with E-state index in [1.165, 1.54) is 11.3 Å². The Hall–Kier alpha value is -2.31. The topological polar surface area (TPSA) is 88.3 Å². The molecule has 7 nitrogen and oxygen atoms in total. The molecule has 2 aromatic rings. The molecule has 4 rings (SSSR count). The van der Waals surface area contributed by atoms with Crippen LogP contribution in [-0.4, -0.2) is 43.0 Å². The third-order valence-corrected chi connectivity index (χ3v) is 9.69. The molecule has 2 saturated carbocycles. The number of aromatic nitrogens is 3. The number of thiophene rings is 1. The van der Waals surface area contributed by atoms with Crippen LogP contribution in [0.3, 0.4) is 0 Å². The monoisotopic (exact) mass is 542 g/mol. The molecular weight excluding hydrogens is 504 g/mol. The Morgan fingerprint density at radius 3 is 2.38 bits per heavy atom. The van der Waals surface area contributed by atoms with Crippen LogP contribution in [0.25, 0.3) is 0 Å². The van der Waals surface area contributed by atoms with Crippen molar-refractivity contribution in [3.8, 4) is 11.8 Å². The maximum Gasteiger partial charge on any atom is 0.348 e. The number of carboxylic acid groups (broad SMARTS) is 1. The summed E-state index contributed by atoms with van der Waals surface area (Å²) in [5, 5.41) is 15.6. The van der Waals surface area contributed by atoms with Crippen molar-refractivity contribution in [1.29, 1.82) is 0 Å². The Balaban J connectivity index is 1.62. The molecule has 2 heterocycles. The lowest BCUT2D eigenvalue weighted by Gasteiger charge is -2.39. The Labute approximate surface area is 228 Å². The molecule has 2 aliphatic rings. The van der Waals surface area contributed by atoms with Gasteiger partial charge in [0.1, 0.15) is 11.2 Å². The second kappa shape index (κ2) is 11.6. The van der Waals surface area contributed by atoms with Crippen LogP contribution in [0.15, 0.2) is 17.6 Å². The number of aryl methyl sites for hydroxylation is 1. The van der Waals surface area contributed by atoms with E-state index in [1.54, 1.807) is 22.8 Å². The van der Waals surface area contributed by atoms with Crippen molar-refractivity contribution in [1.82, 2.24) is 14.8 Å². The van der Waals surface area contributed by atoms with Gasteiger partial charge in [0.05, 0.1) is 10.6 Å². The Morgan fingerprint density at radius 2 is 1.81 bits per heavy atom. The summed E-state index contributed by atoms with van der Waals surface area (Å²) in [5.74, 6) is 6.07. The highest BCUT2D eigenvalue weighted by Gasteiger charge is 2.37. The molecule has 2 aromatic heterocycles. The number of hydrogen-bond donors (Lipinski definition) is 1. The smallest absolute Gasteiger partial charge is 0.348 e. The van der Waals surface area contributed by atoms with Crippen LogP contribution >= 0.6 is 23.1 Å². The number of aromatic carboxylic acids is 1. The molecular formula is C28H38N4O3S2. The van der Waals surface area contributed by atoms with Gasteiger partial charge in [0.2, 0.25) is 5.91 Å². The number of rotatable bonds is 6. The standard InChI is InChI=1S/C28H38N4O3S2/c1-18-6-8-19(9-7-18)25(33)32(20-10-12-21(13-11-20)37-27-29-17-30-31(27)5)23-16-22(14-15-28(2,3)4)36-24(23)26(34)35/h16-21H,6-13H2,1-5H3,(H,34,35). The molecule has 0 spiro atoms. The van der Waals surface area contributed by atoms with Crippen LogP contribution in [0, 0.1) is 29.1 Å². The minimum Gasteiger partial charge on any atom is -0.477 e. The Bertz CT molecular complexity index is 1170. The first-order valence-corrected chi connectivity index (χ1v) is 15.0. The van der Waals surface area contributed by atoms with Gasteiger partial charge in [-0.05, 0) is 84.1 Å². The first-order valence-electron chi connectivity index (χ1n) is 13.3. The molecule has 2 fully saturated rings. The minimum atomic E-state index is -0.995. The van der Waals surface area contributed by atoms with Crippen LogP contribution in [-0.2, 0) is 11.8 Å². The Kier molecular flexibility index (Phi) is 8.70. The van der Waals surface area contributed by atoms with E-state index in [1.807, 2.05) is 38.8 Å². The molecule has 200 valence electrons. The second-order valence-corrected chi connectivity index (χ2v) is 13.8. The number of nitrogens with zero attached hydrogens (tertiary/aromatic N) is 4. The van der Waals surface area contributed by atoms with Crippen LogP contribution in [0.1, 0.15) is 93.6 Å². The predicted octanol–water partition coefficient (Wildman–Crippen LogP) is 6.24. The van der Waals surface area contributed by atoms with Crippen molar-refractivity contribution in [3.63, 3.8) is 0 Å². The quantitative estimate of drug-likeness (QED) is 0.435. The summed E-state index contributed by atoms with van der Waals surface area (Å²) in [5.41, 5.74) is 0.337. The van der Waals surface area contributed by atoms with Crippen LogP contribution in [0.4, 0.5) is 5.69 Å². The van der Waals surface area contributed by atoms with Crippen molar-refractivity contribution in [2.45, 2.75) is 95.5 Å². The summed E-state index contributed by atoms with van der Waals surface area (Å²) in [6, 6.07) is 1.83. The molecule has 0 aliphatic heterocycles. The highest BCUT2D eigenvalue weighted by atomic mass is 32.2. The number of carbonyl (C=O) groups excluding carboxylic acids is 1.